The van der Waals surface area contributed by atoms with Gasteiger partial charge in [-0.15, -0.1) is 11.8 Å². The Hall–Kier alpha value is -1.25. The topological polar surface area (TPSA) is 20.2 Å². The lowest BCUT2D eigenvalue weighted by atomic mass is 9.95. The second kappa shape index (κ2) is 5.59. The summed E-state index contributed by atoms with van der Waals surface area (Å²) in [5, 5.41) is 10.5. The van der Waals surface area contributed by atoms with E-state index in [1.54, 1.807) is 11.8 Å². The molecule has 0 aliphatic rings. The molecule has 0 spiro atoms. The van der Waals surface area contributed by atoms with Crippen LogP contribution >= 0.6 is 11.8 Å². The van der Waals surface area contributed by atoms with Crippen molar-refractivity contribution in [2.24, 2.45) is 0 Å². The molecule has 0 bridgehead atoms. The summed E-state index contributed by atoms with van der Waals surface area (Å²) in [5.74, 6) is 0. The van der Waals surface area contributed by atoms with Gasteiger partial charge < -0.3 is 5.11 Å². The molecule has 0 heterocycles. The Morgan fingerprint density at radius 3 is 2.28 bits per heavy atom. The molecule has 0 saturated carbocycles. The van der Waals surface area contributed by atoms with Crippen LogP contribution < -0.4 is 0 Å². The van der Waals surface area contributed by atoms with E-state index in [0.29, 0.717) is 0 Å². The van der Waals surface area contributed by atoms with E-state index >= 15 is 0 Å². The second-order valence-corrected chi connectivity index (χ2v) is 5.34. The molecule has 18 heavy (non-hydrogen) atoms. The Morgan fingerprint density at radius 2 is 1.67 bits per heavy atom. The van der Waals surface area contributed by atoms with E-state index in [2.05, 4.69) is 26.2 Å². The lowest BCUT2D eigenvalue weighted by molar-refractivity contribution is 0.219. The molecule has 0 aliphatic carbocycles. The van der Waals surface area contributed by atoms with Crippen molar-refractivity contribution < 1.29 is 5.11 Å². The third kappa shape index (κ3) is 2.60. The molecule has 0 radical (unpaired) electrons. The fraction of sp³-hybridized carbons (Fsp3) is 0.250. The summed E-state index contributed by atoms with van der Waals surface area (Å²) in [4.78, 5) is 1.21. The smallest absolute Gasteiger partial charge is 0.104 e. The zero-order valence-corrected chi connectivity index (χ0v) is 11.8. The van der Waals surface area contributed by atoms with Gasteiger partial charge in [-0.2, -0.15) is 0 Å². The minimum Gasteiger partial charge on any atom is -0.384 e. The summed E-state index contributed by atoms with van der Waals surface area (Å²) < 4.78 is 0. The molecule has 0 amide bonds. The lowest BCUT2D eigenvalue weighted by Gasteiger charge is -2.16. The van der Waals surface area contributed by atoms with E-state index in [4.69, 9.17) is 0 Å². The Balaban J connectivity index is 2.35. The molecule has 0 aliphatic heterocycles. The van der Waals surface area contributed by atoms with Crippen LogP contribution in [0.1, 0.15) is 28.4 Å². The van der Waals surface area contributed by atoms with Crippen molar-refractivity contribution in [3.8, 4) is 0 Å². The van der Waals surface area contributed by atoms with Crippen LogP contribution in [0.15, 0.2) is 47.4 Å². The van der Waals surface area contributed by atoms with E-state index in [1.165, 1.54) is 16.0 Å². The maximum atomic E-state index is 10.5. The Morgan fingerprint density at radius 1 is 1.00 bits per heavy atom. The molecule has 2 rings (SSSR count). The van der Waals surface area contributed by atoms with Crippen LogP contribution in [0, 0.1) is 13.8 Å². The van der Waals surface area contributed by atoms with Crippen molar-refractivity contribution in [1.82, 2.24) is 0 Å². The number of hydrogen-bond acceptors (Lipinski definition) is 2. The maximum Gasteiger partial charge on any atom is 0.104 e. The fourth-order valence-corrected chi connectivity index (χ4v) is 2.44. The average Bonchev–Trinajstić information content (AvgIpc) is 2.41. The minimum atomic E-state index is -0.541. The third-order valence-electron chi connectivity index (χ3n) is 3.37. The van der Waals surface area contributed by atoms with E-state index in [0.717, 1.165) is 11.1 Å². The summed E-state index contributed by atoms with van der Waals surface area (Å²) in [6, 6.07) is 14.2. The fourth-order valence-electron chi connectivity index (χ4n) is 2.04. The van der Waals surface area contributed by atoms with Crippen molar-refractivity contribution in [2.45, 2.75) is 24.8 Å². The summed E-state index contributed by atoms with van der Waals surface area (Å²) in [5.41, 5.74) is 4.32. The van der Waals surface area contributed by atoms with Gasteiger partial charge in [0.05, 0.1) is 0 Å². The third-order valence-corrected chi connectivity index (χ3v) is 4.12. The molecule has 0 aromatic heterocycles. The highest BCUT2D eigenvalue weighted by molar-refractivity contribution is 7.98. The van der Waals surface area contributed by atoms with Crippen LogP contribution in [-0.2, 0) is 0 Å². The van der Waals surface area contributed by atoms with Crippen LogP contribution in [0.3, 0.4) is 0 Å². The number of hydrogen-bond donors (Lipinski definition) is 1. The predicted molar refractivity (Wildman–Crippen MR) is 78.2 cm³/mol. The molecule has 0 fully saturated rings. The number of aryl methyl sites for hydroxylation is 1. The lowest BCUT2D eigenvalue weighted by Crippen LogP contribution is -2.02. The molecule has 2 aromatic rings. The molecule has 2 aromatic carbocycles. The normalized spacial score (nSPS) is 12.4. The maximum absolute atomic E-state index is 10.5. The van der Waals surface area contributed by atoms with Gasteiger partial charge in [0, 0.05) is 4.90 Å². The van der Waals surface area contributed by atoms with Gasteiger partial charge in [0.25, 0.3) is 0 Å². The highest BCUT2D eigenvalue weighted by Crippen LogP contribution is 2.27. The average molecular weight is 258 g/mol. The highest BCUT2D eigenvalue weighted by atomic mass is 32.2. The van der Waals surface area contributed by atoms with Crippen LogP contribution in [-0.4, -0.2) is 11.4 Å². The van der Waals surface area contributed by atoms with Crippen LogP contribution in [0.25, 0.3) is 0 Å². The van der Waals surface area contributed by atoms with Gasteiger partial charge in [-0.25, -0.2) is 0 Å². The Kier molecular flexibility index (Phi) is 4.10. The molecule has 94 valence electrons. The highest BCUT2D eigenvalue weighted by Gasteiger charge is 2.13. The quantitative estimate of drug-likeness (QED) is 0.836. The van der Waals surface area contributed by atoms with Crippen molar-refractivity contribution >= 4 is 11.8 Å². The number of thioether (sulfide) groups is 1. The first kappa shape index (κ1) is 13.2. The number of aliphatic hydroxyl groups is 1. The van der Waals surface area contributed by atoms with E-state index in [1.807, 2.05) is 36.4 Å². The first-order valence-electron chi connectivity index (χ1n) is 6.01. The number of benzene rings is 2. The monoisotopic (exact) mass is 258 g/mol. The standard InChI is InChI=1S/C16H18OS/c1-11-5-4-6-15(12(11)2)16(17)13-7-9-14(18-3)10-8-13/h4-10,16-17H,1-3H3. The Labute approximate surface area is 113 Å². The zero-order chi connectivity index (χ0) is 13.1. The largest absolute Gasteiger partial charge is 0.384 e. The Bertz CT molecular complexity index is 531. The van der Waals surface area contributed by atoms with Crippen LogP contribution in [0.2, 0.25) is 0 Å². The van der Waals surface area contributed by atoms with Gasteiger partial charge >= 0.3 is 0 Å². The summed E-state index contributed by atoms with van der Waals surface area (Å²) in [7, 11) is 0. The van der Waals surface area contributed by atoms with Gasteiger partial charge in [-0.05, 0) is 54.5 Å². The molecule has 1 N–H and O–H groups in total. The van der Waals surface area contributed by atoms with Crippen LogP contribution in [0.5, 0.6) is 0 Å². The van der Waals surface area contributed by atoms with Gasteiger partial charge in [-0.1, -0.05) is 30.3 Å². The molecule has 1 unspecified atom stereocenters. The zero-order valence-electron chi connectivity index (χ0n) is 11.0. The van der Waals surface area contributed by atoms with E-state index in [9.17, 15) is 5.11 Å². The van der Waals surface area contributed by atoms with E-state index < -0.39 is 6.10 Å². The molecule has 1 nitrogen and oxygen atoms in total. The van der Waals surface area contributed by atoms with Crippen molar-refractivity contribution in [3.63, 3.8) is 0 Å². The minimum absolute atomic E-state index is 0.541. The van der Waals surface area contributed by atoms with Gasteiger partial charge in [0.15, 0.2) is 0 Å². The van der Waals surface area contributed by atoms with Gasteiger partial charge in [0.2, 0.25) is 0 Å². The first-order chi connectivity index (χ1) is 8.63. The molecule has 2 heteroatoms. The van der Waals surface area contributed by atoms with Gasteiger partial charge in [-0.3, -0.25) is 0 Å². The van der Waals surface area contributed by atoms with Gasteiger partial charge in [0.1, 0.15) is 6.10 Å². The number of rotatable bonds is 3. The summed E-state index contributed by atoms with van der Waals surface area (Å²) in [6.07, 6.45) is 1.51. The SMILES string of the molecule is CSc1ccc(C(O)c2cccc(C)c2C)cc1. The predicted octanol–water partition coefficient (Wildman–Crippen LogP) is 4.11. The molecular weight excluding hydrogens is 240 g/mol. The first-order valence-corrected chi connectivity index (χ1v) is 7.24. The molecular formula is C16H18OS. The van der Waals surface area contributed by atoms with Crippen molar-refractivity contribution in [3.05, 3.63) is 64.7 Å². The second-order valence-electron chi connectivity index (χ2n) is 4.46. The number of aliphatic hydroxyl groups excluding tert-OH is 1. The van der Waals surface area contributed by atoms with Crippen LogP contribution in [0.4, 0.5) is 0 Å². The summed E-state index contributed by atoms with van der Waals surface area (Å²) >= 11 is 1.71. The summed E-state index contributed by atoms with van der Waals surface area (Å²) in [6.45, 7) is 4.13. The van der Waals surface area contributed by atoms with E-state index in [-0.39, 0.29) is 0 Å². The van der Waals surface area contributed by atoms with Crippen molar-refractivity contribution in [1.29, 1.82) is 0 Å². The van der Waals surface area contributed by atoms with Crippen molar-refractivity contribution in [2.75, 3.05) is 6.26 Å². The molecule has 0 saturated heterocycles. The molecule has 1 atom stereocenters.